The smallest absolute Gasteiger partial charge is 0.255 e. The van der Waals surface area contributed by atoms with Gasteiger partial charge >= 0.3 is 0 Å². The number of carbonyl (C=O) groups is 2. The molecule has 1 heterocycles. The molecular formula is C41H65N3O5. The number of amides is 1. The maximum atomic E-state index is 14.0. The van der Waals surface area contributed by atoms with Gasteiger partial charge in [0.15, 0.2) is 6.10 Å². The molecule has 3 unspecified atom stereocenters. The number of unbranched alkanes of at least 4 members (excludes halogenated alkanes) is 3. The Kier molecular flexibility index (Phi) is 18.2. The van der Waals surface area contributed by atoms with Crippen molar-refractivity contribution in [2.24, 2.45) is 5.92 Å². The first kappa shape index (κ1) is 40.5. The molecule has 0 spiro atoms. The van der Waals surface area contributed by atoms with E-state index in [4.69, 9.17) is 9.47 Å². The summed E-state index contributed by atoms with van der Waals surface area (Å²) in [7, 11) is 1.69. The quantitative estimate of drug-likeness (QED) is 0.132. The van der Waals surface area contributed by atoms with E-state index in [-0.39, 0.29) is 11.9 Å². The van der Waals surface area contributed by atoms with Crippen LogP contribution in [0, 0.1) is 5.92 Å². The van der Waals surface area contributed by atoms with Gasteiger partial charge in [0, 0.05) is 26.1 Å². The Balaban J connectivity index is 1.64. The highest BCUT2D eigenvalue weighted by atomic mass is 16.5. The predicted molar refractivity (Wildman–Crippen MR) is 197 cm³/mol. The number of ether oxygens (including phenoxy) is 2. The summed E-state index contributed by atoms with van der Waals surface area (Å²) in [5.41, 5.74) is 3.73. The van der Waals surface area contributed by atoms with E-state index < -0.39 is 18.7 Å². The fourth-order valence-electron chi connectivity index (χ4n) is 7.69. The lowest BCUT2D eigenvalue weighted by Crippen LogP contribution is -2.64. The van der Waals surface area contributed by atoms with Crippen LogP contribution < -0.4 is 15.2 Å². The topological polar surface area (TPSA) is 90.9 Å². The summed E-state index contributed by atoms with van der Waals surface area (Å²) in [6.07, 6.45) is 10.8. The van der Waals surface area contributed by atoms with Crippen molar-refractivity contribution in [1.82, 2.24) is 10.2 Å². The number of piperidine rings is 1. The number of aliphatic carboxylic acids is 1. The lowest BCUT2D eigenvalue weighted by Gasteiger charge is -2.48. The Morgan fingerprint density at radius 1 is 0.898 bits per heavy atom. The Morgan fingerprint density at radius 2 is 1.49 bits per heavy atom. The Hall–Kier alpha value is -2.94. The van der Waals surface area contributed by atoms with Crippen LogP contribution in [-0.4, -0.2) is 92.9 Å². The van der Waals surface area contributed by atoms with Crippen LogP contribution >= 0.6 is 0 Å². The number of carbonyl (C=O) groups excluding carboxylic acids is 2. The molecule has 3 rings (SSSR count). The third-order valence-electron chi connectivity index (χ3n) is 10.4. The molecule has 0 bridgehead atoms. The van der Waals surface area contributed by atoms with Crippen LogP contribution in [-0.2, 0) is 20.7 Å². The molecule has 3 atom stereocenters. The van der Waals surface area contributed by atoms with Crippen LogP contribution in [0.2, 0.25) is 0 Å². The number of hydrogen-bond donors (Lipinski definition) is 1. The third kappa shape index (κ3) is 13.0. The van der Waals surface area contributed by atoms with E-state index in [0.717, 1.165) is 114 Å². The molecule has 0 aliphatic carbocycles. The average Bonchev–Trinajstić information content (AvgIpc) is 3.11. The van der Waals surface area contributed by atoms with Crippen molar-refractivity contribution in [1.29, 1.82) is 0 Å². The number of methoxy groups -OCH3 is 1. The van der Waals surface area contributed by atoms with Crippen molar-refractivity contribution >= 4 is 11.9 Å². The second-order valence-corrected chi connectivity index (χ2v) is 14.1. The number of rotatable bonds is 24. The standard InChI is InChI=1S/C41H65N3O5/c1-6-10-27-44(28-11-7-2,29-12-8-3)38(14-9-4)40(49-32-39(45)46)41(47)42-24-26-43-25-13-15-34(31-43)30-33-16-18-35(19-17-33)36-20-22-37(48-5)23-21-36/h16-23,34,38,40H,6-15,24-32H2,1-5H3,(H-,42,45,46,47). The molecule has 1 aliphatic rings. The molecule has 49 heavy (non-hydrogen) atoms. The minimum Gasteiger partial charge on any atom is -0.548 e. The number of quaternary nitrogens is 1. The van der Waals surface area contributed by atoms with Crippen LogP contribution in [0.4, 0.5) is 0 Å². The molecule has 1 fully saturated rings. The van der Waals surface area contributed by atoms with Gasteiger partial charge in [0.1, 0.15) is 11.8 Å². The fraction of sp³-hybridized carbons (Fsp3) is 0.659. The van der Waals surface area contributed by atoms with Gasteiger partial charge in [-0.25, -0.2) is 0 Å². The zero-order chi connectivity index (χ0) is 35.5. The van der Waals surface area contributed by atoms with E-state index in [0.29, 0.717) is 12.5 Å². The van der Waals surface area contributed by atoms with E-state index in [1.165, 1.54) is 23.1 Å². The number of carboxylic acid groups (broad SMARTS) is 1. The number of nitrogens with zero attached hydrogens (tertiary/aromatic N) is 2. The summed E-state index contributed by atoms with van der Waals surface area (Å²) < 4.78 is 12.1. The lowest BCUT2D eigenvalue weighted by molar-refractivity contribution is -0.954. The van der Waals surface area contributed by atoms with Crippen molar-refractivity contribution < 1.29 is 28.7 Å². The largest absolute Gasteiger partial charge is 0.548 e. The normalized spacial score (nSPS) is 16.6. The minimum absolute atomic E-state index is 0.0931. The Morgan fingerprint density at radius 3 is 2.02 bits per heavy atom. The van der Waals surface area contributed by atoms with E-state index >= 15 is 0 Å². The van der Waals surface area contributed by atoms with Crippen LogP contribution in [0.3, 0.4) is 0 Å². The summed E-state index contributed by atoms with van der Waals surface area (Å²) >= 11 is 0. The van der Waals surface area contributed by atoms with Gasteiger partial charge in [0.2, 0.25) is 0 Å². The van der Waals surface area contributed by atoms with Crippen LogP contribution in [0.1, 0.15) is 97.5 Å². The maximum Gasteiger partial charge on any atom is 0.255 e. The zero-order valence-electron chi connectivity index (χ0n) is 31.2. The Labute approximate surface area is 297 Å². The molecule has 1 N–H and O–H groups in total. The molecule has 0 saturated carbocycles. The van der Waals surface area contributed by atoms with E-state index in [2.05, 4.69) is 74.3 Å². The number of likely N-dealkylation sites (tertiary alicyclic amines) is 1. The number of hydrogen-bond acceptors (Lipinski definition) is 6. The lowest BCUT2D eigenvalue weighted by atomic mass is 9.90. The van der Waals surface area contributed by atoms with Gasteiger partial charge < -0.3 is 34.1 Å². The first-order valence-electron chi connectivity index (χ1n) is 19.2. The second-order valence-electron chi connectivity index (χ2n) is 14.1. The summed E-state index contributed by atoms with van der Waals surface area (Å²) in [4.78, 5) is 28.0. The van der Waals surface area contributed by atoms with Crippen LogP contribution in [0.25, 0.3) is 11.1 Å². The molecule has 0 radical (unpaired) electrons. The average molecular weight is 680 g/mol. The maximum absolute atomic E-state index is 14.0. The Bertz CT molecular complexity index is 1200. The third-order valence-corrected chi connectivity index (χ3v) is 10.4. The molecule has 2 aromatic rings. The van der Waals surface area contributed by atoms with Crippen molar-refractivity contribution in [2.75, 3.05) is 59.5 Å². The van der Waals surface area contributed by atoms with Crippen molar-refractivity contribution in [3.05, 3.63) is 54.1 Å². The first-order chi connectivity index (χ1) is 23.8. The van der Waals surface area contributed by atoms with Gasteiger partial charge in [-0.2, -0.15) is 0 Å². The van der Waals surface area contributed by atoms with Gasteiger partial charge in [-0.1, -0.05) is 89.8 Å². The number of carboxylic acids is 1. The summed E-state index contributed by atoms with van der Waals surface area (Å²) in [6.45, 7) is 14.5. The summed E-state index contributed by atoms with van der Waals surface area (Å²) in [5.74, 6) is -0.0355. The highest BCUT2D eigenvalue weighted by molar-refractivity contribution is 5.81. The van der Waals surface area contributed by atoms with Crippen LogP contribution in [0.15, 0.2) is 48.5 Å². The van der Waals surface area contributed by atoms with Crippen molar-refractivity contribution in [3.8, 4) is 16.9 Å². The van der Waals surface area contributed by atoms with Crippen molar-refractivity contribution in [2.45, 2.75) is 110 Å². The predicted octanol–water partition coefficient (Wildman–Crippen LogP) is 6.25. The molecule has 274 valence electrons. The molecule has 1 aliphatic heterocycles. The molecule has 2 aromatic carbocycles. The van der Waals surface area contributed by atoms with Gasteiger partial charge in [0.25, 0.3) is 5.91 Å². The highest BCUT2D eigenvalue weighted by Gasteiger charge is 2.44. The SMILES string of the molecule is CCCC[N+](CCCC)(CCCC)C(CCC)C(OCC(=O)[O-])C(=O)NCCN1CCCC(Cc2ccc(-c3ccc(OC)cc3)cc2)C1. The molecule has 0 aromatic heterocycles. The molecule has 1 saturated heterocycles. The fourth-order valence-corrected chi connectivity index (χ4v) is 7.69. The van der Waals surface area contributed by atoms with E-state index in [1.54, 1.807) is 7.11 Å². The van der Waals surface area contributed by atoms with Gasteiger partial charge in [-0.3, -0.25) is 4.79 Å². The van der Waals surface area contributed by atoms with E-state index in [1.807, 2.05) is 12.1 Å². The second kappa shape index (κ2) is 22.0. The van der Waals surface area contributed by atoms with Crippen molar-refractivity contribution in [3.63, 3.8) is 0 Å². The molecule has 1 amide bonds. The minimum atomic E-state index is -1.28. The summed E-state index contributed by atoms with van der Waals surface area (Å²) in [6, 6.07) is 17.0. The van der Waals surface area contributed by atoms with Gasteiger partial charge in [0.05, 0.1) is 39.3 Å². The monoisotopic (exact) mass is 679 g/mol. The van der Waals surface area contributed by atoms with E-state index in [9.17, 15) is 14.7 Å². The molecule has 8 nitrogen and oxygen atoms in total. The first-order valence-corrected chi connectivity index (χ1v) is 19.2. The van der Waals surface area contributed by atoms with Gasteiger partial charge in [-0.05, 0) is 79.8 Å². The molecular weight excluding hydrogens is 614 g/mol. The van der Waals surface area contributed by atoms with Crippen LogP contribution in [0.5, 0.6) is 5.75 Å². The number of nitrogens with one attached hydrogen (secondary N) is 1. The number of benzene rings is 2. The highest BCUT2D eigenvalue weighted by Crippen LogP contribution is 2.28. The van der Waals surface area contributed by atoms with Gasteiger partial charge in [-0.15, -0.1) is 0 Å². The zero-order valence-corrected chi connectivity index (χ0v) is 31.2. The summed E-state index contributed by atoms with van der Waals surface area (Å²) in [5, 5.41) is 14.8. The molecule has 8 heteroatoms.